The third-order valence-corrected chi connectivity index (χ3v) is 2.32. The van der Waals surface area contributed by atoms with E-state index >= 15 is 0 Å². The molecular formula is C10H18N4O2. The molecule has 0 spiro atoms. The third-order valence-electron chi connectivity index (χ3n) is 2.32. The lowest BCUT2D eigenvalue weighted by molar-refractivity contribution is 0.340. The average molecular weight is 226 g/mol. The lowest BCUT2D eigenvalue weighted by atomic mass is 10.1. The van der Waals surface area contributed by atoms with Crippen LogP contribution in [0.25, 0.3) is 0 Å². The smallest absolute Gasteiger partial charge is 0.324 e. The van der Waals surface area contributed by atoms with Crippen LogP contribution in [0.3, 0.4) is 0 Å². The van der Waals surface area contributed by atoms with E-state index in [0.29, 0.717) is 11.9 Å². The number of nitrogens with one attached hydrogen (secondary N) is 1. The van der Waals surface area contributed by atoms with Gasteiger partial charge in [-0.3, -0.25) is 0 Å². The van der Waals surface area contributed by atoms with Crippen molar-refractivity contribution in [2.45, 2.75) is 26.8 Å². The van der Waals surface area contributed by atoms with Gasteiger partial charge >= 0.3 is 12.0 Å². The monoisotopic (exact) mass is 226 g/mol. The minimum absolute atomic E-state index is 0.241. The number of rotatable bonds is 5. The highest BCUT2D eigenvalue weighted by atomic mass is 16.5. The molecule has 0 amide bonds. The highest BCUT2D eigenvalue weighted by Crippen LogP contribution is 2.14. The fourth-order valence-electron chi connectivity index (χ4n) is 0.955. The second-order valence-electron chi connectivity index (χ2n) is 3.81. The molecule has 1 aromatic heterocycles. The molecule has 0 saturated carbocycles. The highest BCUT2D eigenvalue weighted by Gasteiger charge is 2.11. The zero-order valence-corrected chi connectivity index (χ0v) is 10.3. The number of hydrogen-bond acceptors (Lipinski definition) is 6. The van der Waals surface area contributed by atoms with Gasteiger partial charge in [-0.05, 0) is 12.8 Å². The summed E-state index contributed by atoms with van der Waals surface area (Å²) in [6.45, 7) is 6.30. The Morgan fingerprint density at radius 1 is 0.938 bits per heavy atom. The van der Waals surface area contributed by atoms with Crippen LogP contribution in [0.2, 0.25) is 0 Å². The van der Waals surface area contributed by atoms with Crippen molar-refractivity contribution in [1.82, 2.24) is 15.0 Å². The van der Waals surface area contributed by atoms with Gasteiger partial charge in [-0.15, -0.1) is 4.98 Å². The van der Waals surface area contributed by atoms with Gasteiger partial charge in [-0.2, -0.15) is 9.97 Å². The normalized spacial score (nSPS) is 12.4. The Kier molecular flexibility index (Phi) is 4.28. The first-order valence-corrected chi connectivity index (χ1v) is 5.17. The quantitative estimate of drug-likeness (QED) is 0.817. The van der Waals surface area contributed by atoms with Crippen LogP contribution in [-0.4, -0.2) is 35.2 Å². The van der Waals surface area contributed by atoms with Crippen molar-refractivity contribution >= 4 is 5.95 Å². The summed E-state index contributed by atoms with van der Waals surface area (Å²) in [6.07, 6.45) is 0. The molecule has 0 aromatic carbocycles. The summed E-state index contributed by atoms with van der Waals surface area (Å²) < 4.78 is 9.91. The topological polar surface area (TPSA) is 69.2 Å². The highest BCUT2D eigenvalue weighted by molar-refractivity contribution is 5.28. The Labute approximate surface area is 95.4 Å². The van der Waals surface area contributed by atoms with Crippen molar-refractivity contribution in [2.75, 3.05) is 19.5 Å². The second-order valence-corrected chi connectivity index (χ2v) is 3.81. The number of hydrogen-bond donors (Lipinski definition) is 1. The molecule has 16 heavy (non-hydrogen) atoms. The fraction of sp³-hybridized carbons (Fsp3) is 0.700. The number of aromatic nitrogens is 3. The predicted molar refractivity (Wildman–Crippen MR) is 60.9 cm³/mol. The molecule has 0 aliphatic rings. The van der Waals surface area contributed by atoms with Gasteiger partial charge in [0.05, 0.1) is 14.2 Å². The summed E-state index contributed by atoms with van der Waals surface area (Å²) in [5.41, 5.74) is 0. The molecule has 0 fully saturated rings. The molecule has 90 valence electrons. The SMILES string of the molecule is COc1nc(NC(C)C(C)C)nc(OC)n1. The number of anilines is 1. The van der Waals surface area contributed by atoms with Gasteiger partial charge in [0.2, 0.25) is 5.95 Å². The van der Waals surface area contributed by atoms with Gasteiger partial charge in [0, 0.05) is 6.04 Å². The van der Waals surface area contributed by atoms with Crippen LogP contribution < -0.4 is 14.8 Å². The zero-order valence-electron chi connectivity index (χ0n) is 10.3. The van der Waals surface area contributed by atoms with E-state index in [0.717, 1.165) is 0 Å². The Bertz CT molecular complexity index is 321. The minimum atomic E-state index is 0.241. The van der Waals surface area contributed by atoms with Gasteiger partial charge in [0.15, 0.2) is 0 Å². The van der Waals surface area contributed by atoms with Crippen molar-refractivity contribution in [2.24, 2.45) is 5.92 Å². The molecular weight excluding hydrogens is 208 g/mol. The van der Waals surface area contributed by atoms with Gasteiger partial charge in [-0.1, -0.05) is 13.8 Å². The average Bonchev–Trinajstić information content (AvgIpc) is 2.28. The first kappa shape index (κ1) is 12.5. The Morgan fingerprint density at radius 2 is 1.44 bits per heavy atom. The van der Waals surface area contributed by atoms with E-state index in [-0.39, 0.29) is 18.1 Å². The third kappa shape index (κ3) is 3.22. The molecule has 0 aliphatic heterocycles. The van der Waals surface area contributed by atoms with Gasteiger partial charge < -0.3 is 14.8 Å². The van der Waals surface area contributed by atoms with Crippen molar-refractivity contribution in [1.29, 1.82) is 0 Å². The molecule has 1 N–H and O–H groups in total. The van der Waals surface area contributed by atoms with Crippen LogP contribution in [0.1, 0.15) is 20.8 Å². The molecule has 6 nitrogen and oxygen atoms in total. The van der Waals surface area contributed by atoms with Gasteiger partial charge in [-0.25, -0.2) is 0 Å². The second kappa shape index (κ2) is 5.48. The maximum Gasteiger partial charge on any atom is 0.324 e. The van der Waals surface area contributed by atoms with Crippen LogP contribution in [-0.2, 0) is 0 Å². The molecule has 0 saturated heterocycles. The molecule has 1 atom stereocenters. The first-order chi connectivity index (χ1) is 7.56. The summed E-state index contributed by atoms with van der Waals surface area (Å²) >= 11 is 0. The molecule has 6 heteroatoms. The Hall–Kier alpha value is -1.59. The maximum atomic E-state index is 4.96. The summed E-state index contributed by atoms with van der Waals surface area (Å²) in [7, 11) is 3.01. The summed E-state index contributed by atoms with van der Waals surface area (Å²) in [6, 6.07) is 0.743. The molecule has 1 rings (SSSR count). The van der Waals surface area contributed by atoms with Crippen LogP contribution in [0.5, 0.6) is 12.0 Å². The van der Waals surface area contributed by atoms with Crippen molar-refractivity contribution < 1.29 is 9.47 Å². The van der Waals surface area contributed by atoms with E-state index < -0.39 is 0 Å². The molecule has 1 unspecified atom stereocenters. The lowest BCUT2D eigenvalue weighted by Gasteiger charge is -2.17. The molecule has 1 heterocycles. The molecule has 0 bridgehead atoms. The van der Waals surface area contributed by atoms with E-state index in [4.69, 9.17) is 9.47 Å². The van der Waals surface area contributed by atoms with E-state index in [1.54, 1.807) is 0 Å². The minimum Gasteiger partial charge on any atom is -0.467 e. The zero-order chi connectivity index (χ0) is 12.1. The summed E-state index contributed by atoms with van der Waals surface area (Å²) in [5, 5.41) is 3.17. The summed E-state index contributed by atoms with van der Waals surface area (Å²) in [5.74, 6) is 0.943. The van der Waals surface area contributed by atoms with Crippen LogP contribution in [0, 0.1) is 5.92 Å². The van der Waals surface area contributed by atoms with Crippen LogP contribution >= 0.6 is 0 Å². The van der Waals surface area contributed by atoms with E-state index in [1.807, 2.05) is 0 Å². The number of methoxy groups -OCH3 is 2. The van der Waals surface area contributed by atoms with Gasteiger partial charge in [0.25, 0.3) is 0 Å². The lowest BCUT2D eigenvalue weighted by Crippen LogP contribution is -2.23. The number of ether oxygens (including phenoxy) is 2. The maximum absolute atomic E-state index is 4.96. The van der Waals surface area contributed by atoms with Crippen LogP contribution in [0.15, 0.2) is 0 Å². The van der Waals surface area contributed by atoms with Crippen molar-refractivity contribution in [3.63, 3.8) is 0 Å². The molecule has 0 aliphatic carbocycles. The van der Waals surface area contributed by atoms with Crippen molar-refractivity contribution in [3.8, 4) is 12.0 Å². The molecule has 1 aromatic rings. The van der Waals surface area contributed by atoms with Gasteiger partial charge in [0.1, 0.15) is 0 Å². The van der Waals surface area contributed by atoms with E-state index in [2.05, 4.69) is 41.0 Å². The Morgan fingerprint density at radius 3 is 1.81 bits per heavy atom. The fourth-order valence-corrected chi connectivity index (χ4v) is 0.955. The largest absolute Gasteiger partial charge is 0.467 e. The standard InChI is InChI=1S/C10H18N4O2/c1-6(2)7(3)11-8-12-9(15-4)14-10(13-8)16-5/h6-7H,1-5H3,(H,11,12,13,14). The van der Waals surface area contributed by atoms with E-state index in [9.17, 15) is 0 Å². The first-order valence-electron chi connectivity index (χ1n) is 5.17. The Balaban J connectivity index is 2.86. The van der Waals surface area contributed by atoms with E-state index in [1.165, 1.54) is 14.2 Å². The van der Waals surface area contributed by atoms with Crippen molar-refractivity contribution in [3.05, 3.63) is 0 Å². The number of nitrogens with zero attached hydrogens (tertiary/aromatic N) is 3. The summed E-state index contributed by atoms with van der Waals surface area (Å²) in [4.78, 5) is 12.1. The van der Waals surface area contributed by atoms with Crippen LogP contribution in [0.4, 0.5) is 5.95 Å². The predicted octanol–water partition coefficient (Wildman–Crippen LogP) is 1.35. The molecule has 0 radical (unpaired) electrons.